The van der Waals surface area contributed by atoms with Gasteiger partial charge in [-0.05, 0) is 19.1 Å². The second kappa shape index (κ2) is 4.79. The summed E-state index contributed by atoms with van der Waals surface area (Å²) in [6.45, 7) is 1.64. The first-order chi connectivity index (χ1) is 8.63. The number of rotatable bonds is 3. The molecule has 0 saturated heterocycles. The predicted molar refractivity (Wildman–Crippen MR) is 63.3 cm³/mol. The molecular weight excluding hydrogens is 236 g/mol. The minimum absolute atomic E-state index is 0.0655. The molecule has 2 aromatic rings. The van der Waals surface area contributed by atoms with Crippen molar-refractivity contribution in [2.45, 2.75) is 6.92 Å². The van der Waals surface area contributed by atoms with Crippen LogP contribution in [0.5, 0.6) is 0 Å². The monoisotopic (exact) mass is 246 g/mol. The van der Waals surface area contributed by atoms with Crippen LogP contribution in [0.15, 0.2) is 29.1 Å². The van der Waals surface area contributed by atoms with E-state index >= 15 is 0 Å². The van der Waals surface area contributed by atoms with E-state index in [1.807, 2.05) is 0 Å². The fraction of sp³-hybridized carbons (Fsp3) is 0.167. The molecule has 0 unspecified atom stereocenters. The Morgan fingerprint density at radius 1 is 1.33 bits per heavy atom. The summed E-state index contributed by atoms with van der Waals surface area (Å²) < 4.78 is 4.54. The number of aromatic nitrogens is 2. The summed E-state index contributed by atoms with van der Waals surface area (Å²) in [6, 6.07) is 6.73. The van der Waals surface area contributed by atoms with Crippen molar-refractivity contribution < 1.29 is 14.3 Å². The molecule has 1 heterocycles. The molecule has 0 radical (unpaired) electrons. The molecule has 0 saturated carbocycles. The van der Waals surface area contributed by atoms with Crippen LogP contribution in [0.1, 0.15) is 17.4 Å². The third-order valence-corrected chi connectivity index (χ3v) is 2.28. The number of hydrogen-bond donors (Lipinski definition) is 1. The molecule has 0 aliphatic rings. The van der Waals surface area contributed by atoms with Crippen LogP contribution in [0.4, 0.5) is 0 Å². The van der Waals surface area contributed by atoms with E-state index in [4.69, 9.17) is 0 Å². The molecule has 18 heavy (non-hydrogen) atoms. The highest BCUT2D eigenvalue weighted by Crippen LogP contribution is 2.06. The van der Waals surface area contributed by atoms with Gasteiger partial charge in [0, 0.05) is 0 Å². The average Bonchev–Trinajstić information content (AvgIpc) is 2.37. The number of para-hydroxylation sites is 2. The van der Waals surface area contributed by atoms with Gasteiger partial charge in [-0.25, -0.2) is 9.78 Å². The van der Waals surface area contributed by atoms with E-state index in [0.29, 0.717) is 11.0 Å². The molecule has 0 spiro atoms. The zero-order chi connectivity index (χ0) is 13.1. The average molecular weight is 246 g/mol. The summed E-state index contributed by atoms with van der Waals surface area (Å²) >= 11 is 0. The molecule has 6 heteroatoms. The normalized spacial score (nSPS) is 10.3. The number of benzene rings is 1. The fourth-order valence-electron chi connectivity index (χ4n) is 1.48. The van der Waals surface area contributed by atoms with E-state index in [2.05, 4.69) is 14.7 Å². The van der Waals surface area contributed by atoms with Gasteiger partial charge in [-0.15, -0.1) is 0 Å². The number of carbonyl (C=O) groups excluding carboxylic acids is 2. The summed E-state index contributed by atoms with van der Waals surface area (Å²) in [4.78, 5) is 40.9. The molecule has 0 aliphatic heterocycles. The van der Waals surface area contributed by atoms with Gasteiger partial charge in [0.05, 0.1) is 17.6 Å². The molecule has 0 bridgehead atoms. The van der Waals surface area contributed by atoms with E-state index in [1.165, 1.54) is 0 Å². The van der Waals surface area contributed by atoms with Crippen molar-refractivity contribution in [3.05, 3.63) is 40.3 Å². The summed E-state index contributed by atoms with van der Waals surface area (Å²) in [5, 5.41) is 0. The maximum atomic E-state index is 11.6. The Morgan fingerprint density at radius 3 is 2.78 bits per heavy atom. The zero-order valence-corrected chi connectivity index (χ0v) is 9.60. The molecule has 1 N–H and O–H groups in total. The molecule has 0 fully saturated rings. The van der Waals surface area contributed by atoms with Crippen molar-refractivity contribution in [2.75, 3.05) is 6.61 Å². The first kappa shape index (κ1) is 12.0. The SMILES string of the molecule is CCOC(=O)C(=O)c1nc2ccccc2[nH]c1=O. The van der Waals surface area contributed by atoms with Crippen molar-refractivity contribution >= 4 is 22.8 Å². The van der Waals surface area contributed by atoms with Gasteiger partial charge in [0.1, 0.15) is 0 Å². The van der Waals surface area contributed by atoms with Crippen LogP contribution in [-0.4, -0.2) is 28.3 Å². The van der Waals surface area contributed by atoms with Gasteiger partial charge < -0.3 is 9.72 Å². The number of ether oxygens (including phenoxy) is 1. The Balaban J connectivity index is 2.51. The van der Waals surface area contributed by atoms with Crippen molar-refractivity contribution in [3.8, 4) is 0 Å². The lowest BCUT2D eigenvalue weighted by molar-refractivity contribution is -0.137. The van der Waals surface area contributed by atoms with E-state index in [1.54, 1.807) is 31.2 Å². The Kier molecular flexibility index (Phi) is 3.18. The molecular formula is C12H10N2O4. The van der Waals surface area contributed by atoms with Crippen LogP contribution in [-0.2, 0) is 9.53 Å². The highest BCUT2D eigenvalue weighted by molar-refractivity contribution is 6.40. The molecule has 1 aromatic heterocycles. The molecule has 0 aliphatic carbocycles. The van der Waals surface area contributed by atoms with Gasteiger partial charge in [0.25, 0.3) is 11.3 Å². The van der Waals surface area contributed by atoms with Crippen molar-refractivity contribution in [1.82, 2.24) is 9.97 Å². The standard InChI is InChI=1S/C12H10N2O4/c1-2-18-12(17)10(15)9-11(16)14-8-6-4-3-5-7(8)13-9/h3-6H,2H2,1H3,(H,14,16). The highest BCUT2D eigenvalue weighted by Gasteiger charge is 2.22. The molecule has 6 nitrogen and oxygen atoms in total. The number of Topliss-reactive ketones (excluding diaryl/α,β-unsaturated/α-hetero) is 1. The van der Waals surface area contributed by atoms with E-state index in [9.17, 15) is 14.4 Å². The first-order valence-electron chi connectivity index (χ1n) is 5.34. The maximum Gasteiger partial charge on any atom is 0.381 e. The number of hydrogen-bond acceptors (Lipinski definition) is 5. The second-order valence-electron chi connectivity index (χ2n) is 3.48. The van der Waals surface area contributed by atoms with Crippen LogP contribution in [0.2, 0.25) is 0 Å². The number of nitrogens with zero attached hydrogens (tertiary/aromatic N) is 1. The van der Waals surface area contributed by atoms with Crippen LogP contribution in [0.3, 0.4) is 0 Å². The van der Waals surface area contributed by atoms with Gasteiger partial charge in [-0.2, -0.15) is 0 Å². The third kappa shape index (κ3) is 2.13. The predicted octanol–water partition coefficient (Wildman–Crippen LogP) is 0.669. The summed E-state index contributed by atoms with van der Waals surface area (Å²) in [5.74, 6) is -2.12. The largest absolute Gasteiger partial charge is 0.460 e. The topological polar surface area (TPSA) is 89.1 Å². The first-order valence-corrected chi connectivity index (χ1v) is 5.34. The lowest BCUT2D eigenvalue weighted by Gasteiger charge is -2.01. The number of ketones is 1. The van der Waals surface area contributed by atoms with Gasteiger partial charge in [0.2, 0.25) is 0 Å². The molecule has 0 amide bonds. The minimum Gasteiger partial charge on any atom is -0.460 e. The third-order valence-electron chi connectivity index (χ3n) is 2.28. The van der Waals surface area contributed by atoms with Crippen LogP contribution in [0, 0.1) is 0 Å². The van der Waals surface area contributed by atoms with Gasteiger partial charge >= 0.3 is 5.97 Å². The number of carbonyl (C=O) groups is 2. The van der Waals surface area contributed by atoms with E-state index in [0.717, 1.165) is 0 Å². The van der Waals surface area contributed by atoms with Crippen LogP contribution >= 0.6 is 0 Å². The summed E-state index contributed by atoms with van der Waals surface area (Å²) in [7, 11) is 0. The number of H-pyrrole nitrogens is 1. The molecule has 0 atom stereocenters. The number of fused-ring (bicyclic) bond motifs is 1. The van der Waals surface area contributed by atoms with Crippen LogP contribution in [0.25, 0.3) is 11.0 Å². The lowest BCUT2D eigenvalue weighted by Crippen LogP contribution is -2.27. The number of esters is 1. The summed E-state index contributed by atoms with van der Waals surface area (Å²) in [5.41, 5.74) is -0.216. The van der Waals surface area contributed by atoms with E-state index < -0.39 is 23.0 Å². The Hall–Kier alpha value is -2.50. The van der Waals surface area contributed by atoms with Crippen molar-refractivity contribution in [3.63, 3.8) is 0 Å². The van der Waals surface area contributed by atoms with Gasteiger partial charge in [-0.1, -0.05) is 12.1 Å². The number of aromatic amines is 1. The minimum atomic E-state index is -1.08. The van der Waals surface area contributed by atoms with Crippen molar-refractivity contribution in [2.24, 2.45) is 0 Å². The Morgan fingerprint density at radius 2 is 2.06 bits per heavy atom. The Labute approximate surface area is 102 Å². The van der Waals surface area contributed by atoms with E-state index in [-0.39, 0.29) is 6.61 Å². The molecule has 92 valence electrons. The van der Waals surface area contributed by atoms with Crippen LogP contribution < -0.4 is 5.56 Å². The number of nitrogens with one attached hydrogen (secondary N) is 1. The maximum absolute atomic E-state index is 11.6. The second-order valence-corrected chi connectivity index (χ2v) is 3.48. The smallest absolute Gasteiger partial charge is 0.381 e. The molecule has 1 aromatic carbocycles. The summed E-state index contributed by atoms with van der Waals surface area (Å²) in [6.07, 6.45) is 0. The fourth-order valence-corrected chi connectivity index (χ4v) is 1.48. The van der Waals surface area contributed by atoms with Crippen molar-refractivity contribution in [1.29, 1.82) is 0 Å². The lowest BCUT2D eigenvalue weighted by atomic mass is 10.2. The zero-order valence-electron chi connectivity index (χ0n) is 9.60. The Bertz CT molecular complexity index is 675. The quantitative estimate of drug-likeness (QED) is 0.488. The highest BCUT2D eigenvalue weighted by atomic mass is 16.5. The molecule has 2 rings (SSSR count). The van der Waals surface area contributed by atoms with Gasteiger partial charge in [0.15, 0.2) is 5.69 Å². The van der Waals surface area contributed by atoms with Gasteiger partial charge in [-0.3, -0.25) is 9.59 Å².